The molecule has 26 heavy (non-hydrogen) atoms. The first kappa shape index (κ1) is 16.9. The average molecular weight is 379 g/mol. The van der Waals surface area contributed by atoms with Crippen LogP contribution in [-0.4, -0.2) is 12.0 Å². The summed E-state index contributed by atoms with van der Waals surface area (Å²) in [4.78, 5) is 7.04. The molecular weight excluding hydrogens is 358 g/mol. The number of nitrogens with zero attached hydrogens (tertiary/aromatic N) is 2. The van der Waals surface area contributed by atoms with Gasteiger partial charge in [-0.25, -0.2) is 4.98 Å². The van der Waals surface area contributed by atoms with Crippen molar-refractivity contribution in [2.45, 2.75) is 13.5 Å². The van der Waals surface area contributed by atoms with Gasteiger partial charge in [0.15, 0.2) is 0 Å². The second-order valence-corrected chi connectivity index (χ2v) is 8.02. The van der Waals surface area contributed by atoms with Crippen LogP contribution in [0.2, 0.25) is 0 Å². The predicted octanol–water partition coefficient (Wildman–Crippen LogP) is 5.54. The Labute approximate surface area is 161 Å². The molecule has 0 aliphatic heterocycles. The first-order chi connectivity index (χ1) is 12.8. The second-order valence-electron chi connectivity index (χ2n) is 5.85. The number of hydrogen-bond donors (Lipinski definition) is 1. The van der Waals surface area contributed by atoms with Crippen molar-refractivity contribution in [3.63, 3.8) is 0 Å². The van der Waals surface area contributed by atoms with Crippen LogP contribution in [0.4, 0.5) is 5.82 Å². The number of para-hydroxylation sites is 1. The van der Waals surface area contributed by atoms with E-state index in [9.17, 15) is 0 Å². The number of thiophene rings is 1. The molecule has 0 spiro atoms. The first-order valence-corrected chi connectivity index (χ1v) is 10.3. The number of aryl methyl sites for hydroxylation is 1. The molecule has 0 aliphatic carbocycles. The highest BCUT2D eigenvalue weighted by Gasteiger charge is 2.16. The molecule has 0 fully saturated rings. The Hall–Kier alpha value is -2.50. The molecule has 130 valence electrons. The maximum atomic E-state index is 4.62. The SMILES string of the molecule is CC[n+]1c(/C=C/c2ccc(-c3cccc(NC)n3)s2)sc2ccccc21. The molecular formula is C21H20N3S2+. The van der Waals surface area contributed by atoms with Crippen molar-refractivity contribution in [1.82, 2.24) is 4.98 Å². The maximum absolute atomic E-state index is 4.62. The van der Waals surface area contributed by atoms with Crippen molar-refractivity contribution in [2.75, 3.05) is 12.4 Å². The summed E-state index contributed by atoms with van der Waals surface area (Å²) in [6.07, 6.45) is 4.42. The standard InChI is InChI=1S/C21H20N3S2/c1-3-24-17-8-4-5-9-19(17)26-21(24)14-12-15-11-13-18(25-15)16-7-6-10-20(22-2)23-16/h4-14H,3H2,1-2H3,(H,22,23)/q+1/b14-12+. The number of rotatable bonds is 5. The van der Waals surface area contributed by atoms with Gasteiger partial charge in [0.25, 0.3) is 5.01 Å². The second kappa shape index (κ2) is 7.40. The summed E-state index contributed by atoms with van der Waals surface area (Å²) in [5.74, 6) is 0.891. The van der Waals surface area contributed by atoms with Crippen LogP contribution >= 0.6 is 22.7 Å². The van der Waals surface area contributed by atoms with Crippen molar-refractivity contribution >= 4 is 50.9 Å². The fourth-order valence-corrected chi connectivity index (χ4v) is 4.96. The average Bonchev–Trinajstić information content (AvgIpc) is 3.30. The largest absolute Gasteiger partial charge is 0.373 e. The molecule has 3 nitrogen and oxygen atoms in total. The number of nitrogens with one attached hydrogen (secondary N) is 1. The third kappa shape index (κ3) is 3.28. The van der Waals surface area contributed by atoms with Gasteiger partial charge in [0.1, 0.15) is 17.1 Å². The quantitative estimate of drug-likeness (QED) is 0.462. The van der Waals surface area contributed by atoms with Gasteiger partial charge in [0.05, 0.1) is 10.6 Å². The molecule has 0 unspecified atom stereocenters. The number of aromatic nitrogens is 2. The minimum atomic E-state index is 0.891. The van der Waals surface area contributed by atoms with E-state index in [1.807, 2.05) is 30.5 Å². The molecule has 4 aromatic rings. The molecule has 5 heteroatoms. The van der Waals surface area contributed by atoms with E-state index in [1.54, 1.807) is 11.3 Å². The number of hydrogen-bond acceptors (Lipinski definition) is 4. The van der Waals surface area contributed by atoms with E-state index < -0.39 is 0 Å². The van der Waals surface area contributed by atoms with Gasteiger partial charge < -0.3 is 5.32 Å². The summed E-state index contributed by atoms with van der Waals surface area (Å²) in [6, 6.07) is 18.9. The molecule has 0 saturated carbocycles. The van der Waals surface area contributed by atoms with Crippen molar-refractivity contribution in [3.8, 4) is 10.6 Å². The third-order valence-electron chi connectivity index (χ3n) is 4.23. The molecule has 0 amide bonds. The van der Waals surface area contributed by atoms with Gasteiger partial charge in [0, 0.05) is 24.1 Å². The van der Waals surface area contributed by atoms with Crippen LogP contribution in [0.1, 0.15) is 16.8 Å². The number of pyridine rings is 1. The molecule has 3 heterocycles. The highest BCUT2D eigenvalue weighted by Crippen LogP contribution is 2.29. The van der Waals surface area contributed by atoms with E-state index in [-0.39, 0.29) is 0 Å². The lowest BCUT2D eigenvalue weighted by molar-refractivity contribution is -0.665. The summed E-state index contributed by atoms with van der Waals surface area (Å²) in [5, 5.41) is 4.37. The summed E-state index contributed by atoms with van der Waals surface area (Å²) in [5.41, 5.74) is 2.31. The van der Waals surface area contributed by atoms with E-state index in [0.29, 0.717) is 0 Å². The monoisotopic (exact) mass is 378 g/mol. The smallest absolute Gasteiger partial charge is 0.262 e. The summed E-state index contributed by atoms with van der Waals surface area (Å²) >= 11 is 3.60. The highest BCUT2D eigenvalue weighted by molar-refractivity contribution is 7.19. The van der Waals surface area contributed by atoms with Gasteiger partial charge in [-0.15, -0.1) is 11.3 Å². The van der Waals surface area contributed by atoms with Crippen molar-refractivity contribution in [3.05, 3.63) is 64.5 Å². The molecule has 0 saturated heterocycles. The molecule has 1 N–H and O–H groups in total. The number of anilines is 1. The highest BCUT2D eigenvalue weighted by atomic mass is 32.1. The van der Waals surface area contributed by atoms with Crippen LogP contribution < -0.4 is 9.88 Å². The Morgan fingerprint density at radius 2 is 1.88 bits per heavy atom. The minimum Gasteiger partial charge on any atom is -0.373 e. The fraction of sp³-hybridized carbons (Fsp3) is 0.143. The Kier molecular flexibility index (Phi) is 4.82. The zero-order valence-electron chi connectivity index (χ0n) is 14.8. The Bertz CT molecular complexity index is 1080. The van der Waals surface area contributed by atoms with E-state index in [4.69, 9.17) is 0 Å². The predicted molar refractivity (Wildman–Crippen MR) is 114 cm³/mol. The van der Waals surface area contributed by atoms with E-state index in [0.717, 1.165) is 18.1 Å². The van der Waals surface area contributed by atoms with Crippen LogP contribution in [0.25, 0.3) is 32.9 Å². The van der Waals surface area contributed by atoms with Crippen LogP contribution in [0, 0.1) is 0 Å². The van der Waals surface area contributed by atoms with Crippen LogP contribution in [-0.2, 0) is 6.54 Å². The molecule has 0 bridgehead atoms. The first-order valence-electron chi connectivity index (χ1n) is 8.63. The molecule has 3 aromatic heterocycles. The van der Waals surface area contributed by atoms with Gasteiger partial charge in [0.2, 0.25) is 5.52 Å². The summed E-state index contributed by atoms with van der Waals surface area (Å²) in [7, 11) is 1.89. The van der Waals surface area contributed by atoms with Crippen LogP contribution in [0.5, 0.6) is 0 Å². The summed E-state index contributed by atoms with van der Waals surface area (Å²) < 4.78 is 3.69. The van der Waals surface area contributed by atoms with Gasteiger partial charge >= 0.3 is 0 Å². The number of fused-ring (bicyclic) bond motifs is 1. The third-order valence-corrected chi connectivity index (χ3v) is 6.43. The number of thiazole rings is 1. The topological polar surface area (TPSA) is 28.8 Å². The molecule has 0 radical (unpaired) electrons. The van der Waals surface area contributed by atoms with E-state index >= 15 is 0 Å². The molecule has 0 aliphatic rings. The van der Waals surface area contributed by atoms with Gasteiger partial charge in [-0.05, 0) is 43.3 Å². The molecule has 4 rings (SSSR count). The van der Waals surface area contributed by atoms with E-state index in [2.05, 4.69) is 76.4 Å². The van der Waals surface area contributed by atoms with Gasteiger partial charge in [-0.3, -0.25) is 0 Å². The van der Waals surface area contributed by atoms with Crippen LogP contribution in [0.3, 0.4) is 0 Å². The van der Waals surface area contributed by atoms with Crippen LogP contribution in [0.15, 0.2) is 54.6 Å². The molecule has 1 aromatic carbocycles. The van der Waals surface area contributed by atoms with Crippen molar-refractivity contribution in [2.24, 2.45) is 0 Å². The zero-order chi connectivity index (χ0) is 17.9. The van der Waals surface area contributed by atoms with Crippen molar-refractivity contribution < 1.29 is 4.57 Å². The lowest BCUT2D eigenvalue weighted by atomic mass is 10.3. The van der Waals surface area contributed by atoms with Crippen molar-refractivity contribution in [1.29, 1.82) is 0 Å². The summed E-state index contributed by atoms with van der Waals surface area (Å²) in [6.45, 7) is 3.17. The van der Waals surface area contributed by atoms with Gasteiger partial charge in [-0.1, -0.05) is 29.5 Å². The Balaban J connectivity index is 1.63. The lowest BCUT2D eigenvalue weighted by Gasteiger charge is -2.00. The minimum absolute atomic E-state index is 0.891. The van der Waals surface area contributed by atoms with Gasteiger partial charge in [-0.2, -0.15) is 4.57 Å². The Morgan fingerprint density at radius 3 is 2.73 bits per heavy atom. The van der Waals surface area contributed by atoms with E-state index in [1.165, 1.54) is 25.0 Å². The normalized spacial score (nSPS) is 11.5. The maximum Gasteiger partial charge on any atom is 0.262 e. The lowest BCUT2D eigenvalue weighted by Crippen LogP contribution is -2.33. The number of benzene rings is 1. The Morgan fingerprint density at radius 1 is 1.00 bits per heavy atom. The zero-order valence-corrected chi connectivity index (χ0v) is 16.4. The molecule has 0 atom stereocenters. The fourth-order valence-electron chi connectivity index (χ4n) is 2.95.